The van der Waals surface area contributed by atoms with E-state index >= 15 is 0 Å². The molecule has 0 spiro atoms. The molecular formula is C25H26ClN3O4. The number of ether oxygens (including phenoxy) is 2. The number of benzene rings is 3. The summed E-state index contributed by atoms with van der Waals surface area (Å²) in [6, 6.07) is 20.3. The molecule has 0 saturated heterocycles. The van der Waals surface area contributed by atoms with Gasteiger partial charge in [-0.15, -0.1) is 0 Å². The van der Waals surface area contributed by atoms with E-state index in [0.717, 1.165) is 17.1 Å². The van der Waals surface area contributed by atoms with Crippen LogP contribution < -0.4 is 25.4 Å². The van der Waals surface area contributed by atoms with Gasteiger partial charge in [0.2, 0.25) is 0 Å². The third-order valence-electron chi connectivity index (χ3n) is 4.78. The van der Waals surface area contributed by atoms with Crippen LogP contribution in [0.15, 0.2) is 66.7 Å². The Morgan fingerprint density at radius 2 is 1.67 bits per heavy atom. The van der Waals surface area contributed by atoms with Crippen LogP contribution in [0, 0.1) is 0 Å². The molecule has 3 rings (SSSR count). The molecule has 3 N–H and O–H groups in total. The first kappa shape index (κ1) is 23.9. The van der Waals surface area contributed by atoms with Crippen molar-refractivity contribution in [1.82, 2.24) is 0 Å². The van der Waals surface area contributed by atoms with Crippen molar-refractivity contribution in [1.29, 1.82) is 0 Å². The highest BCUT2D eigenvalue weighted by atomic mass is 35.5. The molecule has 33 heavy (non-hydrogen) atoms. The van der Waals surface area contributed by atoms with E-state index in [-0.39, 0.29) is 35.1 Å². The van der Waals surface area contributed by atoms with E-state index in [0.29, 0.717) is 5.56 Å². The number of amides is 2. The van der Waals surface area contributed by atoms with Crippen molar-refractivity contribution < 1.29 is 19.1 Å². The minimum absolute atomic E-state index is 0.124. The van der Waals surface area contributed by atoms with Crippen molar-refractivity contribution in [2.45, 2.75) is 19.9 Å². The van der Waals surface area contributed by atoms with Crippen molar-refractivity contribution in [3.8, 4) is 11.5 Å². The van der Waals surface area contributed by atoms with Gasteiger partial charge in [-0.1, -0.05) is 29.8 Å². The first-order valence-electron chi connectivity index (χ1n) is 10.3. The van der Waals surface area contributed by atoms with E-state index in [2.05, 4.69) is 5.32 Å². The largest absolute Gasteiger partial charge is 0.493 e. The molecular weight excluding hydrogens is 442 g/mol. The lowest BCUT2D eigenvalue weighted by atomic mass is 10.1. The predicted molar refractivity (Wildman–Crippen MR) is 131 cm³/mol. The molecule has 0 heterocycles. The number of halogens is 1. The second-order valence-corrected chi connectivity index (χ2v) is 7.96. The van der Waals surface area contributed by atoms with Gasteiger partial charge >= 0.3 is 0 Å². The zero-order valence-corrected chi connectivity index (χ0v) is 19.4. The summed E-state index contributed by atoms with van der Waals surface area (Å²) in [6.45, 7) is 3.50. The number of methoxy groups -OCH3 is 1. The van der Waals surface area contributed by atoms with Crippen LogP contribution in [0.5, 0.6) is 11.5 Å². The molecule has 2 amide bonds. The molecule has 0 aromatic heterocycles. The minimum atomic E-state index is -0.649. The number of hydrogen-bond acceptors (Lipinski definition) is 5. The maximum absolute atomic E-state index is 13.4. The molecule has 0 saturated carbocycles. The second-order valence-electron chi connectivity index (χ2n) is 7.55. The highest BCUT2D eigenvalue weighted by molar-refractivity contribution is 6.33. The van der Waals surface area contributed by atoms with Crippen LogP contribution in [0.25, 0.3) is 0 Å². The van der Waals surface area contributed by atoms with Gasteiger partial charge in [0.25, 0.3) is 11.8 Å². The third-order valence-corrected chi connectivity index (χ3v) is 5.06. The molecule has 7 nitrogen and oxygen atoms in total. The highest BCUT2D eigenvalue weighted by Crippen LogP contribution is 2.37. The quantitative estimate of drug-likeness (QED) is 0.461. The maximum atomic E-state index is 13.4. The number of nitrogens with zero attached hydrogens (tertiary/aromatic N) is 1. The lowest BCUT2D eigenvalue weighted by Crippen LogP contribution is -2.37. The van der Waals surface area contributed by atoms with E-state index in [1.807, 2.05) is 68.4 Å². The number of nitrogens with one attached hydrogen (secondary N) is 1. The number of primary amides is 1. The number of para-hydroxylation sites is 1. The summed E-state index contributed by atoms with van der Waals surface area (Å²) in [6.07, 6.45) is 0. The van der Waals surface area contributed by atoms with E-state index in [1.54, 1.807) is 4.90 Å². The van der Waals surface area contributed by atoms with Crippen molar-refractivity contribution in [3.05, 3.63) is 77.3 Å². The zero-order valence-electron chi connectivity index (χ0n) is 18.7. The normalized spacial score (nSPS) is 10.6. The fourth-order valence-electron chi connectivity index (χ4n) is 3.31. The van der Waals surface area contributed by atoms with Crippen LogP contribution in [-0.4, -0.2) is 31.6 Å². The molecule has 0 atom stereocenters. The number of carbonyl (C=O) groups is 2. The van der Waals surface area contributed by atoms with Crippen LogP contribution in [-0.2, 0) is 4.79 Å². The van der Waals surface area contributed by atoms with Crippen LogP contribution in [0.1, 0.15) is 24.2 Å². The smallest absolute Gasteiger partial charge is 0.258 e. The van der Waals surface area contributed by atoms with Gasteiger partial charge in [-0.3, -0.25) is 9.59 Å². The molecule has 0 unspecified atom stereocenters. The molecule has 3 aromatic rings. The highest BCUT2D eigenvalue weighted by Gasteiger charge is 2.24. The number of hydrogen-bond donors (Lipinski definition) is 2. The molecule has 0 aliphatic carbocycles. The summed E-state index contributed by atoms with van der Waals surface area (Å²) in [7, 11) is 1.43. The maximum Gasteiger partial charge on any atom is 0.258 e. The van der Waals surface area contributed by atoms with Crippen molar-refractivity contribution >= 4 is 40.5 Å². The molecule has 0 fully saturated rings. The standard InChI is InChI=1S/C25H26ClN3O4/c1-16(2)29(20-11-9-19(10-12-20)28-18-7-5-4-6-8-18)25(31)17-13-21(26)24(22(14-17)32-3)33-15-23(27)30/h4-14,16,28H,15H2,1-3H3,(H2,27,30). The summed E-state index contributed by atoms with van der Waals surface area (Å²) in [4.78, 5) is 26.2. The fourth-order valence-corrected chi connectivity index (χ4v) is 3.57. The Morgan fingerprint density at radius 1 is 1.03 bits per heavy atom. The molecule has 0 aliphatic rings. The van der Waals surface area contributed by atoms with Crippen molar-refractivity contribution in [2.75, 3.05) is 23.9 Å². The molecule has 3 aromatic carbocycles. The lowest BCUT2D eigenvalue weighted by Gasteiger charge is -2.27. The number of rotatable bonds is 9. The van der Waals surface area contributed by atoms with Crippen LogP contribution in [0.3, 0.4) is 0 Å². The molecule has 0 bridgehead atoms. The van der Waals surface area contributed by atoms with Gasteiger partial charge in [0.1, 0.15) is 0 Å². The second kappa shape index (κ2) is 10.7. The molecule has 172 valence electrons. The van der Waals surface area contributed by atoms with Gasteiger partial charge in [0, 0.05) is 28.7 Å². The Balaban J connectivity index is 1.87. The Hall–Kier alpha value is -3.71. The van der Waals surface area contributed by atoms with Gasteiger partial charge in [-0.2, -0.15) is 0 Å². The van der Waals surface area contributed by atoms with E-state index in [9.17, 15) is 9.59 Å². The van der Waals surface area contributed by atoms with Gasteiger partial charge in [0.05, 0.1) is 12.1 Å². The van der Waals surface area contributed by atoms with Gasteiger partial charge in [-0.25, -0.2) is 0 Å². The van der Waals surface area contributed by atoms with Crippen LogP contribution >= 0.6 is 11.6 Å². The number of nitrogens with two attached hydrogens (primary N) is 1. The minimum Gasteiger partial charge on any atom is -0.493 e. The molecule has 8 heteroatoms. The van der Waals surface area contributed by atoms with Gasteiger partial charge in [-0.05, 0) is 62.4 Å². The average molecular weight is 468 g/mol. The predicted octanol–water partition coefficient (Wildman–Crippen LogP) is 5.01. The Morgan fingerprint density at radius 3 is 2.24 bits per heavy atom. The first-order chi connectivity index (χ1) is 15.8. The monoisotopic (exact) mass is 467 g/mol. The lowest BCUT2D eigenvalue weighted by molar-refractivity contribution is -0.119. The summed E-state index contributed by atoms with van der Waals surface area (Å²) in [5, 5.41) is 3.47. The van der Waals surface area contributed by atoms with E-state index in [1.165, 1.54) is 19.2 Å². The van der Waals surface area contributed by atoms with E-state index in [4.69, 9.17) is 26.8 Å². The molecule has 0 radical (unpaired) electrons. The van der Waals surface area contributed by atoms with Crippen LogP contribution in [0.2, 0.25) is 5.02 Å². The number of carbonyl (C=O) groups excluding carboxylic acids is 2. The SMILES string of the molecule is COc1cc(C(=O)N(c2ccc(Nc3ccccc3)cc2)C(C)C)cc(Cl)c1OCC(N)=O. The summed E-state index contributed by atoms with van der Waals surface area (Å²) in [5.41, 5.74) is 8.07. The molecule has 0 aliphatic heterocycles. The Bertz CT molecular complexity index is 1120. The zero-order chi connectivity index (χ0) is 24.0. The fraction of sp³-hybridized carbons (Fsp3) is 0.200. The Labute approximate surface area is 198 Å². The van der Waals surface area contributed by atoms with Crippen molar-refractivity contribution in [3.63, 3.8) is 0 Å². The summed E-state index contributed by atoms with van der Waals surface area (Å²) in [5.74, 6) is -0.514. The third kappa shape index (κ3) is 5.96. The summed E-state index contributed by atoms with van der Waals surface area (Å²) >= 11 is 6.33. The van der Waals surface area contributed by atoms with Crippen LogP contribution in [0.4, 0.5) is 17.1 Å². The van der Waals surface area contributed by atoms with Crippen molar-refractivity contribution in [2.24, 2.45) is 5.73 Å². The average Bonchev–Trinajstić information content (AvgIpc) is 2.79. The summed E-state index contributed by atoms with van der Waals surface area (Å²) < 4.78 is 10.7. The van der Waals surface area contributed by atoms with Gasteiger partial charge < -0.3 is 25.4 Å². The number of anilines is 3. The first-order valence-corrected chi connectivity index (χ1v) is 10.7. The van der Waals surface area contributed by atoms with Gasteiger partial charge in [0.15, 0.2) is 18.1 Å². The Kier molecular flexibility index (Phi) is 7.79. The topological polar surface area (TPSA) is 93.9 Å². The van der Waals surface area contributed by atoms with E-state index < -0.39 is 5.91 Å².